The number of benzene rings is 2. The molecule has 1 heterocycles. The van der Waals surface area contributed by atoms with Gasteiger partial charge in [0, 0.05) is 24.0 Å². The number of nitrogens with one attached hydrogen (secondary N) is 1. The maximum absolute atomic E-state index is 13.2. The van der Waals surface area contributed by atoms with Gasteiger partial charge < -0.3 is 20.1 Å². The standard InChI is InChI=1S/C25H28N2O5S/c1-15(2)22(23(28)27-11-12-33-14-21(27)24(29)30)26-25(31)32-13-20-18-9-5-3-7-16(18)17-8-4-6-10-19(17)20/h3-10,15,20-22H,11-14H2,1-2H3,(H,26,31)(H,29,30). The van der Waals surface area contributed by atoms with Crippen molar-refractivity contribution in [3.8, 4) is 11.1 Å². The number of alkyl carbamates (subject to hydrolysis) is 1. The number of carboxylic acids is 1. The van der Waals surface area contributed by atoms with E-state index in [-0.39, 0.29) is 24.3 Å². The van der Waals surface area contributed by atoms with E-state index in [1.807, 2.05) is 50.2 Å². The van der Waals surface area contributed by atoms with Gasteiger partial charge in [-0.1, -0.05) is 62.4 Å². The van der Waals surface area contributed by atoms with Crippen LogP contribution in [0.1, 0.15) is 30.9 Å². The number of aliphatic carboxylic acids is 1. The Balaban J connectivity index is 1.44. The largest absolute Gasteiger partial charge is 0.480 e. The lowest BCUT2D eigenvalue weighted by atomic mass is 9.98. The minimum atomic E-state index is -1.03. The Kier molecular flexibility index (Phi) is 6.93. The number of nitrogens with zero attached hydrogens (tertiary/aromatic N) is 1. The van der Waals surface area contributed by atoms with Crippen LogP contribution >= 0.6 is 11.8 Å². The first kappa shape index (κ1) is 23.2. The molecule has 0 bridgehead atoms. The Hall–Kier alpha value is -3.00. The normalized spacial score (nSPS) is 18.4. The predicted molar refractivity (Wildman–Crippen MR) is 127 cm³/mol. The number of rotatable bonds is 6. The predicted octanol–water partition coefficient (Wildman–Crippen LogP) is 3.58. The van der Waals surface area contributed by atoms with Gasteiger partial charge in [-0.2, -0.15) is 11.8 Å². The summed E-state index contributed by atoms with van der Waals surface area (Å²) >= 11 is 1.51. The van der Waals surface area contributed by atoms with Crippen molar-refractivity contribution in [3.63, 3.8) is 0 Å². The van der Waals surface area contributed by atoms with Gasteiger partial charge in [-0.25, -0.2) is 9.59 Å². The van der Waals surface area contributed by atoms with Crippen molar-refractivity contribution in [2.24, 2.45) is 5.92 Å². The minimum absolute atomic E-state index is 0.0770. The highest BCUT2D eigenvalue weighted by atomic mass is 32.2. The van der Waals surface area contributed by atoms with Gasteiger partial charge in [0.1, 0.15) is 18.7 Å². The molecule has 8 heteroatoms. The van der Waals surface area contributed by atoms with Gasteiger partial charge in [-0.05, 0) is 28.2 Å². The van der Waals surface area contributed by atoms with Crippen LogP contribution in [0.4, 0.5) is 4.79 Å². The number of carboxylic acid groups (broad SMARTS) is 1. The molecule has 0 aromatic heterocycles. The highest BCUT2D eigenvalue weighted by Gasteiger charge is 2.38. The maximum atomic E-state index is 13.2. The van der Waals surface area contributed by atoms with Crippen molar-refractivity contribution in [2.75, 3.05) is 24.7 Å². The summed E-state index contributed by atoms with van der Waals surface area (Å²) < 4.78 is 5.59. The SMILES string of the molecule is CC(C)C(NC(=O)OCC1c2ccccc2-c2ccccc21)C(=O)N1CCSCC1C(=O)O. The molecule has 174 valence electrons. The van der Waals surface area contributed by atoms with Crippen LogP contribution in [0.5, 0.6) is 0 Å². The molecule has 2 aliphatic rings. The van der Waals surface area contributed by atoms with Crippen molar-refractivity contribution in [1.82, 2.24) is 10.2 Å². The quantitative estimate of drug-likeness (QED) is 0.673. The van der Waals surface area contributed by atoms with Crippen LogP contribution in [0.25, 0.3) is 11.1 Å². The fourth-order valence-corrected chi connectivity index (χ4v) is 5.57. The number of carbonyl (C=O) groups is 3. The van der Waals surface area contributed by atoms with E-state index in [9.17, 15) is 19.5 Å². The molecule has 1 aliphatic heterocycles. The van der Waals surface area contributed by atoms with Gasteiger partial charge >= 0.3 is 12.1 Å². The molecule has 33 heavy (non-hydrogen) atoms. The van der Waals surface area contributed by atoms with Gasteiger partial charge in [0.25, 0.3) is 0 Å². The summed E-state index contributed by atoms with van der Waals surface area (Å²) in [4.78, 5) is 38.9. The Morgan fingerprint density at radius 2 is 1.70 bits per heavy atom. The molecule has 2 unspecified atom stereocenters. The maximum Gasteiger partial charge on any atom is 0.407 e. The molecule has 1 saturated heterocycles. The molecular formula is C25H28N2O5S. The third-order valence-corrected chi connectivity index (χ3v) is 7.27. The Morgan fingerprint density at radius 1 is 1.09 bits per heavy atom. The molecule has 7 nitrogen and oxygen atoms in total. The fraction of sp³-hybridized carbons (Fsp3) is 0.400. The molecule has 1 aliphatic carbocycles. The van der Waals surface area contributed by atoms with Crippen molar-refractivity contribution in [1.29, 1.82) is 0 Å². The van der Waals surface area contributed by atoms with Crippen molar-refractivity contribution in [2.45, 2.75) is 31.8 Å². The summed E-state index contributed by atoms with van der Waals surface area (Å²) in [5.74, 6) is -0.693. The smallest absolute Gasteiger partial charge is 0.407 e. The molecular weight excluding hydrogens is 440 g/mol. The summed E-state index contributed by atoms with van der Waals surface area (Å²) in [6, 6.07) is 14.4. The number of carbonyl (C=O) groups excluding carboxylic acids is 2. The van der Waals surface area contributed by atoms with E-state index in [1.54, 1.807) is 0 Å². The van der Waals surface area contributed by atoms with Gasteiger partial charge in [-0.3, -0.25) is 4.79 Å². The molecule has 2 aromatic carbocycles. The molecule has 0 saturated carbocycles. The van der Waals surface area contributed by atoms with Gasteiger partial charge in [-0.15, -0.1) is 0 Å². The van der Waals surface area contributed by atoms with E-state index in [0.717, 1.165) is 22.3 Å². The Labute approximate surface area is 197 Å². The zero-order valence-corrected chi connectivity index (χ0v) is 19.5. The zero-order chi connectivity index (χ0) is 23.5. The van der Waals surface area contributed by atoms with E-state index in [4.69, 9.17) is 4.74 Å². The van der Waals surface area contributed by atoms with Crippen LogP contribution in [0.3, 0.4) is 0 Å². The monoisotopic (exact) mass is 468 g/mol. The molecule has 0 radical (unpaired) electrons. The number of thioether (sulfide) groups is 1. The lowest BCUT2D eigenvalue weighted by molar-refractivity contribution is -0.150. The number of hydrogen-bond donors (Lipinski definition) is 2. The Morgan fingerprint density at radius 3 is 2.27 bits per heavy atom. The second-order valence-corrected chi connectivity index (χ2v) is 9.80. The summed E-state index contributed by atoms with van der Waals surface area (Å²) in [5, 5.41) is 12.2. The van der Waals surface area contributed by atoms with Crippen LogP contribution in [0, 0.1) is 5.92 Å². The van der Waals surface area contributed by atoms with Gasteiger partial charge in [0.05, 0.1) is 0 Å². The molecule has 2 N–H and O–H groups in total. The number of ether oxygens (including phenoxy) is 1. The van der Waals surface area contributed by atoms with Crippen LogP contribution in [0.2, 0.25) is 0 Å². The van der Waals surface area contributed by atoms with Crippen molar-refractivity contribution >= 4 is 29.7 Å². The average Bonchev–Trinajstić information content (AvgIpc) is 3.14. The summed E-state index contributed by atoms with van der Waals surface area (Å²) in [5.41, 5.74) is 4.50. The third kappa shape index (κ3) is 4.71. The summed E-state index contributed by atoms with van der Waals surface area (Å²) in [7, 11) is 0. The highest BCUT2D eigenvalue weighted by molar-refractivity contribution is 7.99. The van der Waals surface area contributed by atoms with Crippen LogP contribution in [-0.2, 0) is 14.3 Å². The topological polar surface area (TPSA) is 95.9 Å². The van der Waals surface area contributed by atoms with Crippen molar-refractivity contribution in [3.05, 3.63) is 59.7 Å². The van der Waals surface area contributed by atoms with Crippen molar-refractivity contribution < 1.29 is 24.2 Å². The number of amides is 2. The summed E-state index contributed by atoms with van der Waals surface area (Å²) in [6.07, 6.45) is -0.679. The number of fused-ring (bicyclic) bond motifs is 3. The second-order valence-electron chi connectivity index (χ2n) is 8.65. The lowest BCUT2D eigenvalue weighted by Gasteiger charge is -2.36. The fourth-order valence-electron chi connectivity index (χ4n) is 4.53. The first-order valence-corrected chi connectivity index (χ1v) is 12.3. The van der Waals surface area contributed by atoms with Crippen LogP contribution in [-0.4, -0.2) is 64.7 Å². The molecule has 4 rings (SSSR count). The van der Waals surface area contributed by atoms with Crippen LogP contribution in [0.15, 0.2) is 48.5 Å². The first-order chi connectivity index (χ1) is 15.9. The highest BCUT2D eigenvalue weighted by Crippen LogP contribution is 2.44. The van der Waals surface area contributed by atoms with E-state index >= 15 is 0 Å². The van der Waals surface area contributed by atoms with E-state index in [1.165, 1.54) is 16.7 Å². The molecule has 2 aromatic rings. The van der Waals surface area contributed by atoms with Gasteiger partial charge in [0.15, 0.2) is 0 Å². The Bertz CT molecular complexity index is 1010. The van der Waals surface area contributed by atoms with E-state index in [0.29, 0.717) is 18.1 Å². The zero-order valence-electron chi connectivity index (χ0n) is 18.7. The first-order valence-electron chi connectivity index (χ1n) is 11.1. The van der Waals surface area contributed by atoms with E-state index < -0.39 is 24.1 Å². The molecule has 1 fully saturated rings. The minimum Gasteiger partial charge on any atom is -0.480 e. The second kappa shape index (κ2) is 9.87. The van der Waals surface area contributed by atoms with Gasteiger partial charge in [0.2, 0.25) is 5.91 Å². The third-order valence-electron chi connectivity index (χ3n) is 6.25. The lowest BCUT2D eigenvalue weighted by Crippen LogP contribution is -2.58. The molecule has 0 spiro atoms. The molecule has 2 amide bonds. The van der Waals surface area contributed by atoms with E-state index in [2.05, 4.69) is 17.4 Å². The average molecular weight is 469 g/mol. The summed E-state index contributed by atoms with van der Waals surface area (Å²) in [6.45, 7) is 4.13. The number of hydrogen-bond acceptors (Lipinski definition) is 5. The molecule has 2 atom stereocenters. The van der Waals surface area contributed by atoms with Crippen LogP contribution < -0.4 is 5.32 Å².